The van der Waals surface area contributed by atoms with Crippen LogP contribution in [-0.2, 0) is 4.74 Å². The fourth-order valence-corrected chi connectivity index (χ4v) is 3.59. The van der Waals surface area contributed by atoms with Crippen molar-refractivity contribution in [3.8, 4) is 11.5 Å². The maximum absolute atomic E-state index is 5.50. The highest BCUT2D eigenvalue weighted by Crippen LogP contribution is 2.31. The molecule has 1 aromatic carbocycles. The van der Waals surface area contributed by atoms with E-state index in [2.05, 4.69) is 29.0 Å². The van der Waals surface area contributed by atoms with E-state index in [-0.39, 0.29) is 0 Å². The number of rotatable bonds is 6. The molecule has 2 heterocycles. The van der Waals surface area contributed by atoms with E-state index in [1.165, 1.54) is 18.5 Å². The monoisotopic (exact) mass is 320 g/mol. The average molecular weight is 320 g/mol. The molecule has 0 aromatic heterocycles. The minimum absolute atomic E-state index is 0.604. The zero-order valence-corrected chi connectivity index (χ0v) is 14.5. The number of ether oxygens (including phenoxy) is 3. The Hall–Kier alpha value is -1.46. The van der Waals surface area contributed by atoms with E-state index in [1.807, 2.05) is 6.07 Å². The van der Waals surface area contributed by atoms with Gasteiger partial charge in [0.15, 0.2) is 0 Å². The molecule has 0 aliphatic carbocycles. The summed E-state index contributed by atoms with van der Waals surface area (Å²) in [5.74, 6) is 2.39. The summed E-state index contributed by atoms with van der Waals surface area (Å²) >= 11 is 0. The van der Waals surface area contributed by atoms with Crippen LogP contribution in [0.4, 0.5) is 5.69 Å². The Balaban J connectivity index is 1.62. The standard InChI is InChI=1S/C18H28N2O3/c1-19(11-14-5-7-23-13-14)15-4-6-20(12-15)16-8-17(21-2)10-18(9-16)22-3/h8-10,14-15H,4-7,11-13H2,1-3H3. The van der Waals surface area contributed by atoms with Gasteiger partial charge < -0.3 is 24.0 Å². The predicted molar refractivity (Wildman–Crippen MR) is 91.7 cm³/mol. The van der Waals surface area contributed by atoms with E-state index in [1.54, 1.807) is 14.2 Å². The Bertz CT molecular complexity index is 495. The number of anilines is 1. The van der Waals surface area contributed by atoms with Crippen molar-refractivity contribution >= 4 is 5.69 Å². The summed E-state index contributed by atoms with van der Waals surface area (Å²) in [7, 11) is 5.64. The van der Waals surface area contributed by atoms with Gasteiger partial charge in [-0.2, -0.15) is 0 Å². The van der Waals surface area contributed by atoms with E-state index < -0.39 is 0 Å². The minimum atomic E-state index is 0.604. The second-order valence-electron chi connectivity index (χ2n) is 6.63. The summed E-state index contributed by atoms with van der Waals surface area (Å²) in [4.78, 5) is 4.94. The van der Waals surface area contributed by atoms with E-state index in [0.717, 1.165) is 44.3 Å². The van der Waals surface area contributed by atoms with Crippen molar-refractivity contribution in [3.05, 3.63) is 18.2 Å². The fourth-order valence-electron chi connectivity index (χ4n) is 3.59. The van der Waals surface area contributed by atoms with Crippen molar-refractivity contribution in [2.24, 2.45) is 5.92 Å². The third kappa shape index (κ3) is 3.90. The van der Waals surface area contributed by atoms with Crippen LogP contribution in [0, 0.1) is 5.92 Å². The van der Waals surface area contributed by atoms with E-state index in [0.29, 0.717) is 12.0 Å². The van der Waals surface area contributed by atoms with Gasteiger partial charge in [-0.25, -0.2) is 0 Å². The van der Waals surface area contributed by atoms with Crippen LogP contribution in [0.2, 0.25) is 0 Å². The van der Waals surface area contributed by atoms with Crippen molar-refractivity contribution < 1.29 is 14.2 Å². The number of hydrogen-bond acceptors (Lipinski definition) is 5. The SMILES string of the molecule is COc1cc(OC)cc(N2CCC(N(C)CC3CCOC3)C2)c1. The fraction of sp³-hybridized carbons (Fsp3) is 0.667. The number of hydrogen-bond donors (Lipinski definition) is 0. The quantitative estimate of drug-likeness (QED) is 0.803. The van der Waals surface area contributed by atoms with Crippen molar-refractivity contribution in [3.63, 3.8) is 0 Å². The second-order valence-corrected chi connectivity index (χ2v) is 6.63. The summed E-state index contributed by atoms with van der Waals surface area (Å²) in [6, 6.07) is 6.71. The molecule has 23 heavy (non-hydrogen) atoms. The Morgan fingerprint density at radius 3 is 2.52 bits per heavy atom. The molecule has 0 amide bonds. The van der Waals surface area contributed by atoms with Gasteiger partial charge in [-0.05, 0) is 25.8 Å². The summed E-state index contributed by atoms with van der Waals surface area (Å²) in [5.41, 5.74) is 1.18. The molecule has 0 N–H and O–H groups in total. The van der Waals surface area contributed by atoms with Gasteiger partial charge in [0, 0.05) is 56.2 Å². The Kier molecular flexibility index (Phi) is 5.28. The zero-order valence-electron chi connectivity index (χ0n) is 14.5. The molecule has 2 fully saturated rings. The zero-order chi connectivity index (χ0) is 16.2. The lowest BCUT2D eigenvalue weighted by Gasteiger charge is -2.27. The first-order valence-corrected chi connectivity index (χ1v) is 8.45. The lowest BCUT2D eigenvalue weighted by molar-refractivity contribution is 0.164. The van der Waals surface area contributed by atoms with Crippen LogP contribution in [0.25, 0.3) is 0 Å². The van der Waals surface area contributed by atoms with Crippen LogP contribution in [0.1, 0.15) is 12.8 Å². The van der Waals surface area contributed by atoms with Gasteiger partial charge in [0.2, 0.25) is 0 Å². The van der Waals surface area contributed by atoms with Crippen molar-refractivity contribution in [1.82, 2.24) is 4.90 Å². The van der Waals surface area contributed by atoms with Crippen LogP contribution in [0.15, 0.2) is 18.2 Å². The molecule has 0 bridgehead atoms. The molecular weight excluding hydrogens is 292 g/mol. The van der Waals surface area contributed by atoms with Gasteiger partial charge >= 0.3 is 0 Å². The molecule has 0 spiro atoms. The number of likely N-dealkylation sites (N-methyl/N-ethyl adjacent to an activating group) is 1. The van der Waals surface area contributed by atoms with E-state index in [4.69, 9.17) is 14.2 Å². The Labute approximate surface area is 139 Å². The molecule has 2 saturated heterocycles. The van der Waals surface area contributed by atoms with Crippen molar-refractivity contribution in [1.29, 1.82) is 0 Å². The van der Waals surface area contributed by atoms with Gasteiger partial charge in [-0.3, -0.25) is 0 Å². The van der Waals surface area contributed by atoms with Gasteiger partial charge in [-0.15, -0.1) is 0 Å². The molecule has 3 rings (SSSR count). The predicted octanol–water partition coefficient (Wildman–Crippen LogP) is 2.25. The van der Waals surface area contributed by atoms with Crippen LogP contribution in [-0.4, -0.2) is 65.1 Å². The molecule has 0 radical (unpaired) electrons. The summed E-state index contributed by atoms with van der Waals surface area (Å²) < 4.78 is 16.3. The molecule has 0 saturated carbocycles. The maximum Gasteiger partial charge on any atom is 0.124 e. The van der Waals surface area contributed by atoms with Gasteiger partial charge in [0.05, 0.1) is 20.8 Å². The van der Waals surface area contributed by atoms with Crippen LogP contribution >= 0.6 is 0 Å². The molecule has 2 atom stereocenters. The molecule has 2 aliphatic heterocycles. The summed E-state index contributed by atoms with van der Waals surface area (Å²) in [6.45, 7) is 5.12. The molecular formula is C18H28N2O3. The van der Waals surface area contributed by atoms with Crippen LogP contribution in [0.3, 0.4) is 0 Å². The Morgan fingerprint density at radius 2 is 1.91 bits per heavy atom. The highest BCUT2D eigenvalue weighted by molar-refractivity contribution is 5.56. The first-order chi connectivity index (χ1) is 11.2. The largest absolute Gasteiger partial charge is 0.497 e. The first kappa shape index (κ1) is 16.4. The highest BCUT2D eigenvalue weighted by atomic mass is 16.5. The highest BCUT2D eigenvalue weighted by Gasteiger charge is 2.28. The third-order valence-corrected chi connectivity index (χ3v) is 5.06. The minimum Gasteiger partial charge on any atom is -0.497 e. The van der Waals surface area contributed by atoms with Gasteiger partial charge in [-0.1, -0.05) is 0 Å². The molecule has 1 aromatic rings. The second kappa shape index (κ2) is 7.41. The van der Waals surface area contributed by atoms with Crippen molar-refractivity contribution in [2.75, 3.05) is 59.0 Å². The maximum atomic E-state index is 5.50. The molecule has 5 heteroatoms. The smallest absolute Gasteiger partial charge is 0.124 e. The molecule has 2 aliphatic rings. The number of methoxy groups -OCH3 is 2. The summed E-state index contributed by atoms with van der Waals surface area (Å²) in [5, 5.41) is 0. The summed E-state index contributed by atoms with van der Waals surface area (Å²) in [6.07, 6.45) is 2.40. The normalized spacial score (nSPS) is 24.4. The molecule has 5 nitrogen and oxygen atoms in total. The third-order valence-electron chi connectivity index (χ3n) is 5.06. The number of benzene rings is 1. The molecule has 2 unspecified atom stereocenters. The number of nitrogens with zero attached hydrogens (tertiary/aromatic N) is 2. The molecule has 128 valence electrons. The lowest BCUT2D eigenvalue weighted by atomic mass is 10.1. The first-order valence-electron chi connectivity index (χ1n) is 8.45. The van der Waals surface area contributed by atoms with Gasteiger partial charge in [0.25, 0.3) is 0 Å². The van der Waals surface area contributed by atoms with E-state index >= 15 is 0 Å². The lowest BCUT2D eigenvalue weighted by Crippen LogP contribution is -2.37. The average Bonchev–Trinajstić information content (AvgIpc) is 3.25. The topological polar surface area (TPSA) is 34.2 Å². The van der Waals surface area contributed by atoms with Gasteiger partial charge in [0.1, 0.15) is 11.5 Å². The Morgan fingerprint density at radius 1 is 1.17 bits per heavy atom. The van der Waals surface area contributed by atoms with Crippen molar-refractivity contribution in [2.45, 2.75) is 18.9 Å². The van der Waals surface area contributed by atoms with Crippen LogP contribution < -0.4 is 14.4 Å². The van der Waals surface area contributed by atoms with Crippen LogP contribution in [0.5, 0.6) is 11.5 Å². The van der Waals surface area contributed by atoms with E-state index in [9.17, 15) is 0 Å².